The van der Waals surface area contributed by atoms with E-state index >= 15 is 0 Å². The SMILES string of the molecule is COc1ccc(/C=C(\C#N)C(=O)Nc2ccccc2C(F)(F)F)cc1. The number of ether oxygens (including phenoxy) is 1. The van der Waals surface area contributed by atoms with Gasteiger partial charge in [-0.15, -0.1) is 0 Å². The van der Waals surface area contributed by atoms with Gasteiger partial charge in [0, 0.05) is 0 Å². The van der Waals surface area contributed by atoms with E-state index in [-0.39, 0.29) is 5.57 Å². The van der Waals surface area contributed by atoms with Crippen LogP contribution in [-0.2, 0) is 11.0 Å². The number of para-hydroxylation sites is 1. The number of rotatable bonds is 4. The molecule has 2 aromatic rings. The third-order valence-electron chi connectivity index (χ3n) is 3.27. The van der Waals surface area contributed by atoms with Crippen LogP contribution in [0, 0.1) is 11.3 Å². The molecule has 0 aliphatic heterocycles. The van der Waals surface area contributed by atoms with E-state index in [0.717, 1.165) is 12.1 Å². The predicted molar refractivity (Wildman–Crippen MR) is 86.7 cm³/mol. The van der Waals surface area contributed by atoms with Crippen LogP contribution in [-0.4, -0.2) is 13.0 Å². The summed E-state index contributed by atoms with van der Waals surface area (Å²) < 4.78 is 43.9. The molecule has 0 fully saturated rings. The van der Waals surface area contributed by atoms with E-state index in [2.05, 4.69) is 5.32 Å². The molecule has 0 spiro atoms. The lowest BCUT2D eigenvalue weighted by Gasteiger charge is -2.13. The fourth-order valence-corrected chi connectivity index (χ4v) is 2.04. The first-order valence-corrected chi connectivity index (χ1v) is 7.08. The van der Waals surface area contributed by atoms with E-state index in [1.54, 1.807) is 30.3 Å². The Morgan fingerprint density at radius 3 is 2.36 bits per heavy atom. The Labute approximate surface area is 142 Å². The molecule has 4 nitrogen and oxygen atoms in total. The lowest BCUT2D eigenvalue weighted by molar-refractivity contribution is -0.137. The van der Waals surface area contributed by atoms with Gasteiger partial charge in [-0.2, -0.15) is 18.4 Å². The van der Waals surface area contributed by atoms with E-state index < -0.39 is 23.3 Å². The summed E-state index contributed by atoms with van der Waals surface area (Å²) in [5.41, 5.74) is -1.17. The average molecular weight is 346 g/mol. The summed E-state index contributed by atoms with van der Waals surface area (Å²) in [5, 5.41) is 11.3. The number of hydrogen-bond acceptors (Lipinski definition) is 3. The quantitative estimate of drug-likeness (QED) is 0.665. The molecular weight excluding hydrogens is 333 g/mol. The zero-order valence-corrected chi connectivity index (χ0v) is 13.1. The highest BCUT2D eigenvalue weighted by Crippen LogP contribution is 2.34. The van der Waals surface area contributed by atoms with Gasteiger partial charge in [-0.1, -0.05) is 24.3 Å². The summed E-state index contributed by atoms with van der Waals surface area (Å²) >= 11 is 0. The van der Waals surface area contributed by atoms with Gasteiger partial charge >= 0.3 is 6.18 Å². The highest BCUT2D eigenvalue weighted by Gasteiger charge is 2.33. The number of carbonyl (C=O) groups excluding carboxylic acids is 1. The fraction of sp³-hybridized carbons (Fsp3) is 0.111. The number of alkyl halides is 3. The molecule has 0 heterocycles. The van der Waals surface area contributed by atoms with E-state index in [1.165, 1.54) is 25.3 Å². The van der Waals surface area contributed by atoms with Crippen molar-refractivity contribution in [1.82, 2.24) is 0 Å². The molecule has 1 amide bonds. The molecule has 0 aromatic heterocycles. The molecule has 0 aliphatic rings. The monoisotopic (exact) mass is 346 g/mol. The first kappa shape index (κ1) is 18.1. The van der Waals surface area contributed by atoms with Gasteiger partial charge in [0.05, 0.1) is 18.4 Å². The largest absolute Gasteiger partial charge is 0.497 e. The van der Waals surface area contributed by atoms with Crippen LogP contribution >= 0.6 is 0 Å². The molecule has 0 aliphatic carbocycles. The second kappa shape index (κ2) is 7.53. The lowest BCUT2D eigenvalue weighted by Crippen LogP contribution is -2.17. The molecule has 2 aromatic carbocycles. The summed E-state index contributed by atoms with van der Waals surface area (Å²) in [6.45, 7) is 0. The normalized spacial score (nSPS) is 11.6. The van der Waals surface area contributed by atoms with Crippen molar-refractivity contribution in [3.05, 3.63) is 65.2 Å². The average Bonchev–Trinajstić information content (AvgIpc) is 2.59. The Hall–Kier alpha value is -3.27. The number of carbonyl (C=O) groups is 1. The Bertz CT molecular complexity index is 835. The van der Waals surface area contributed by atoms with Crippen LogP contribution in [0.2, 0.25) is 0 Å². The van der Waals surface area contributed by atoms with Crippen molar-refractivity contribution in [3.63, 3.8) is 0 Å². The Morgan fingerprint density at radius 1 is 1.16 bits per heavy atom. The number of nitrogens with one attached hydrogen (secondary N) is 1. The van der Waals surface area contributed by atoms with Crippen molar-refractivity contribution >= 4 is 17.7 Å². The van der Waals surface area contributed by atoms with Gasteiger partial charge in [-0.3, -0.25) is 4.79 Å². The molecule has 0 saturated heterocycles. The molecule has 1 N–H and O–H groups in total. The van der Waals surface area contributed by atoms with Crippen LogP contribution < -0.4 is 10.1 Å². The number of anilines is 1. The second-order valence-electron chi connectivity index (χ2n) is 4.94. The van der Waals surface area contributed by atoms with Crippen LogP contribution in [0.3, 0.4) is 0 Å². The predicted octanol–water partition coefficient (Wildman–Crippen LogP) is 4.26. The summed E-state index contributed by atoms with van der Waals surface area (Å²) in [6.07, 6.45) is -3.33. The first-order valence-electron chi connectivity index (χ1n) is 7.08. The van der Waals surface area contributed by atoms with Gasteiger partial charge in [0.15, 0.2) is 0 Å². The standard InChI is InChI=1S/C18H13F3N2O2/c1-25-14-8-6-12(7-9-14)10-13(11-22)17(24)23-16-5-3-2-4-15(16)18(19,20)21/h2-10H,1H3,(H,23,24)/b13-10+. The van der Waals surface area contributed by atoms with E-state index in [1.807, 2.05) is 0 Å². The van der Waals surface area contributed by atoms with Crippen molar-refractivity contribution in [2.75, 3.05) is 12.4 Å². The van der Waals surface area contributed by atoms with Crippen LogP contribution in [0.1, 0.15) is 11.1 Å². The smallest absolute Gasteiger partial charge is 0.418 e. The summed E-state index contributed by atoms with van der Waals surface area (Å²) in [4.78, 5) is 12.2. The molecule has 0 unspecified atom stereocenters. The van der Waals surface area contributed by atoms with Crippen LogP contribution in [0.5, 0.6) is 5.75 Å². The molecule has 25 heavy (non-hydrogen) atoms. The van der Waals surface area contributed by atoms with Crippen molar-refractivity contribution in [3.8, 4) is 11.8 Å². The fourth-order valence-electron chi connectivity index (χ4n) is 2.04. The third kappa shape index (κ3) is 4.61. The van der Waals surface area contributed by atoms with Gasteiger partial charge in [-0.05, 0) is 35.9 Å². The summed E-state index contributed by atoms with van der Waals surface area (Å²) in [5.74, 6) is -0.325. The Balaban J connectivity index is 2.27. The van der Waals surface area contributed by atoms with Crippen LogP contribution in [0.15, 0.2) is 54.1 Å². The highest BCUT2D eigenvalue weighted by molar-refractivity contribution is 6.10. The van der Waals surface area contributed by atoms with Crippen LogP contribution in [0.25, 0.3) is 6.08 Å². The maximum absolute atomic E-state index is 13.0. The number of hydrogen-bond donors (Lipinski definition) is 1. The number of benzene rings is 2. The molecular formula is C18H13F3N2O2. The molecule has 7 heteroatoms. The zero-order valence-electron chi connectivity index (χ0n) is 13.1. The van der Waals surface area contributed by atoms with Crippen molar-refractivity contribution in [2.45, 2.75) is 6.18 Å². The highest BCUT2D eigenvalue weighted by atomic mass is 19.4. The lowest BCUT2D eigenvalue weighted by atomic mass is 10.1. The molecule has 0 bridgehead atoms. The van der Waals surface area contributed by atoms with E-state index in [0.29, 0.717) is 11.3 Å². The van der Waals surface area contributed by atoms with Gasteiger partial charge in [0.25, 0.3) is 5.91 Å². The van der Waals surface area contributed by atoms with Crippen molar-refractivity contribution in [2.24, 2.45) is 0 Å². The molecule has 0 saturated carbocycles. The number of halogens is 3. The molecule has 128 valence electrons. The number of nitrogens with zero attached hydrogens (tertiary/aromatic N) is 1. The number of methoxy groups -OCH3 is 1. The number of amides is 1. The van der Waals surface area contributed by atoms with Gasteiger partial charge in [0.1, 0.15) is 17.4 Å². The topological polar surface area (TPSA) is 62.1 Å². The maximum Gasteiger partial charge on any atom is 0.418 e. The Kier molecular flexibility index (Phi) is 5.45. The van der Waals surface area contributed by atoms with Crippen molar-refractivity contribution in [1.29, 1.82) is 5.26 Å². The van der Waals surface area contributed by atoms with E-state index in [9.17, 15) is 18.0 Å². The number of nitriles is 1. The molecule has 0 atom stereocenters. The second-order valence-corrected chi connectivity index (χ2v) is 4.94. The third-order valence-corrected chi connectivity index (χ3v) is 3.27. The van der Waals surface area contributed by atoms with Crippen molar-refractivity contribution < 1.29 is 22.7 Å². The van der Waals surface area contributed by atoms with Gasteiger partial charge < -0.3 is 10.1 Å². The van der Waals surface area contributed by atoms with E-state index in [4.69, 9.17) is 10.00 Å². The Morgan fingerprint density at radius 2 is 1.80 bits per heavy atom. The van der Waals surface area contributed by atoms with Crippen LogP contribution in [0.4, 0.5) is 18.9 Å². The minimum absolute atomic E-state index is 0.317. The van der Waals surface area contributed by atoms with Gasteiger partial charge in [0.2, 0.25) is 0 Å². The summed E-state index contributed by atoms with van der Waals surface area (Å²) in [7, 11) is 1.50. The molecule has 0 radical (unpaired) electrons. The van der Waals surface area contributed by atoms with Gasteiger partial charge in [-0.25, -0.2) is 0 Å². The maximum atomic E-state index is 13.0. The first-order chi connectivity index (χ1) is 11.8. The minimum atomic E-state index is -4.61. The zero-order chi connectivity index (χ0) is 18.4. The molecule has 2 rings (SSSR count). The summed E-state index contributed by atoms with van der Waals surface area (Å²) in [6, 6.07) is 12.8. The minimum Gasteiger partial charge on any atom is -0.497 e.